The number of aliphatic hydroxyl groups is 1. The monoisotopic (exact) mass is 302 g/mol. The van der Waals surface area contributed by atoms with Gasteiger partial charge in [-0.25, -0.2) is 4.98 Å². The maximum Gasteiger partial charge on any atom is 0.163 e. The summed E-state index contributed by atoms with van der Waals surface area (Å²) in [6.45, 7) is 0. The van der Waals surface area contributed by atoms with Gasteiger partial charge in [-0.3, -0.25) is 14.4 Å². The Labute approximate surface area is 132 Å². The first-order valence-corrected chi connectivity index (χ1v) is 7.32. The first-order chi connectivity index (χ1) is 11.3. The molecule has 4 heterocycles. The summed E-state index contributed by atoms with van der Waals surface area (Å²) in [5.74, 6) is 0.700. The number of aromatic nitrogens is 4. The van der Waals surface area contributed by atoms with E-state index in [-0.39, 0.29) is 0 Å². The number of hydrogen-bond donors (Lipinski definition) is 1. The maximum atomic E-state index is 10.7. The van der Waals surface area contributed by atoms with E-state index < -0.39 is 6.10 Å². The third kappa shape index (κ3) is 2.37. The van der Waals surface area contributed by atoms with Crippen molar-refractivity contribution < 1.29 is 5.11 Å². The number of nitrogens with zero attached hydrogens (tertiary/aromatic N) is 4. The number of fused-ring (bicyclic) bond motifs is 1. The highest BCUT2D eigenvalue weighted by Gasteiger charge is 2.21. The Morgan fingerprint density at radius 3 is 2.39 bits per heavy atom. The number of aliphatic hydroxyl groups excluding tert-OH is 1. The van der Waals surface area contributed by atoms with Crippen LogP contribution in [0.5, 0.6) is 0 Å². The SMILES string of the molecule is O[C@@H](c1ccccn1)c1nc(-c2ccccn2)n2ccccc12. The fourth-order valence-corrected chi connectivity index (χ4v) is 2.62. The summed E-state index contributed by atoms with van der Waals surface area (Å²) < 4.78 is 1.93. The molecular formula is C18H14N4O. The standard InChI is InChI=1S/C18H14N4O/c23-17(13-7-1-4-10-19-13)16-15-9-3-6-12-22(15)18(21-16)14-8-2-5-11-20-14/h1-12,17,23H/t17-/m0/s1. The highest BCUT2D eigenvalue weighted by molar-refractivity contribution is 5.64. The molecular weight excluding hydrogens is 288 g/mol. The van der Waals surface area contributed by atoms with Gasteiger partial charge >= 0.3 is 0 Å². The molecule has 0 fully saturated rings. The Morgan fingerprint density at radius 1 is 0.870 bits per heavy atom. The van der Waals surface area contributed by atoms with Crippen molar-refractivity contribution in [3.8, 4) is 11.5 Å². The summed E-state index contributed by atoms with van der Waals surface area (Å²) in [5.41, 5.74) is 2.74. The molecule has 4 aromatic rings. The highest BCUT2D eigenvalue weighted by atomic mass is 16.3. The summed E-state index contributed by atoms with van der Waals surface area (Å²) in [5, 5.41) is 10.7. The molecule has 23 heavy (non-hydrogen) atoms. The van der Waals surface area contributed by atoms with Crippen LogP contribution in [-0.2, 0) is 0 Å². The average molecular weight is 302 g/mol. The molecule has 4 rings (SSSR count). The van der Waals surface area contributed by atoms with Crippen molar-refractivity contribution in [3.63, 3.8) is 0 Å². The molecule has 0 spiro atoms. The van der Waals surface area contributed by atoms with Gasteiger partial charge in [-0.05, 0) is 36.4 Å². The van der Waals surface area contributed by atoms with Gasteiger partial charge in [0.15, 0.2) is 5.82 Å². The Hall–Kier alpha value is -3.05. The Kier molecular flexibility index (Phi) is 3.33. The molecule has 0 aliphatic carbocycles. The first-order valence-electron chi connectivity index (χ1n) is 7.32. The molecule has 1 N–H and O–H groups in total. The Balaban J connectivity index is 1.92. The second-order valence-electron chi connectivity index (χ2n) is 5.15. The van der Waals surface area contributed by atoms with Crippen LogP contribution in [0.4, 0.5) is 0 Å². The zero-order chi connectivity index (χ0) is 15.6. The zero-order valence-corrected chi connectivity index (χ0v) is 12.2. The Morgan fingerprint density at radius 2 is 1.65 bits per heavy atom. The molecule has 0 saturated heterocycles. The van der Waals surface area contributed by atoms with Crippen LogP contribution in [0, 0.1) is 0 Å². The molecule has 5 heteroatoms. The lowest BCUT2D eigenvalue weighted by atomic mass is 10.1. The third-order valence-corrected chi connectivity index (χ3v) is 3.70. The largest absolute Gasteiger partial charge is 0.380 e. The van der Waals surface area contributed by atoms with Crippen LogP contribution in [-0.4, -0.2) is 24.5 Å². The van der Waals surface area contributed by atoms with Gasteiger partial charge in [0.2, 0.25) is 0 Å². The smallest absolute Gasteiger partial charge is 0.163 e. The minimum Gasteiger partial charge on any atom is -0.380 e. The van der Waals surface area contributed by atoms with Crippen molar-refractivity contribution in [3.05, 3.63) is 84.6 Å². The van der Waals surface area contributed by atoms with E-state index in [1.54, 1.807) is 18.5 Å². The minimum atomic E-state index is -0.883. The van der Waals surface area contributed by atoms with Gasteiger partial charge < -0.3 is 5.11 Å². The molecule has 0 amide bonds. The van der Waals surface area contributed by atoms with Gasteiger partial charge in [0.05, 0.1) is 11.2 Å². The van der Waals surface area contributed by atoms with Crippen LogP contribution in [0.15, 0.2) is 73.2 Å². The maximum absolute atomic E-state index is 10.7. The predicted molar refractivity (Wildman–Crippen MR) is 86.7 cm³/mol. The molecule has 5 nitrogen and oxygen atoms in total. The second kappa shape index (κ2) is 5.62. The van der Waals surface area contributed by atoms with Gasteiger partial charge in [-0.15, -0.1) is 0 Å². The average Bonchev–Trinajstić information content (AvgIpc) is 3.02. The second-order valence-corrected chi connectivity index (χ2v) is 5.15. The lowest BCUT2D eigenvalue weighted by molar-refractivity contribution is 0.212. The van der Waals surface area contributed by atoms with Crippen LogP contribution >= 0.6 is 0 Å². The summed E-state index contributed by atoms with van der Waals surface area (Å²) in [6.07, 6.45) is 4.43. The molecule has 0 aliphatic heterocycles. The zero-order valence-electron chi connectivity index (χ0n) is 12.2. The van der Waals surface area contributed by atoms with E-state index in [1.165, 1.54) is 0 Å². The van der Waals surface area contributed by atoms with Crippen molar-refractivity contribution in [2.24, 2.45) is 0 Å². The van der Waals surface area contributed by atoms with Crippen LogP contribution in [0.1, 0.15) is 17.5 Å². The summed E-state index contributed by atoms with van der Waals surface area (Å²) in [4.78, 5) is 13.2. The highest BCUT2D eigenvalue weighted by Crippen LogP contribution is 2.28. The van der Waals surface area contributed by atoms with Crippen molar-refractivity contribution in [2.45, 2.75) is 6.10 Å². The van der Waals surface area contributed by atoms with Crippen LogP contribution in [0.25, 0.3) is 17.0 Å². The van der Waals surface area contributed by atoms with E-state index in [0.29, 0.717) is 17.2 Å². The quantitative estimate of drug-likeness (QED) is 0.632. The summed E-state index contributed by atoms with van der Waals surface area (Å²) >= 11 is 0. The summed E-state index contributed by atoms with van der Waals surface area (Å²) in [7, 11) is 0. The van der Waals surface area contributed by atoms with Crippen LogP contribution < -0.4 is 0 Å². The molecule has 0 saturated carbocycles. The van der Waals surface area contributed by atoms with Crippen molar-refractivity contribution in [1.82, 2.24) is 19.4 Å². The van der Waals surface area contributed by atoms with Gasteiger partial charge in [0.1, 0.15) is 17.5 Å². The van der Waals surface area contributed by atoms with Crippen molar-refractivity contribution in [1.29, 1.82) is 0 Å². The van der Waals surface area contributed by atoms with E-state index in [9.17, 15) is 5.11 Å². The van der Waals surface area contributed by atoms with Crippen molar-refractivity contribution in [2.75, 3.05) is 0 Å². The molecule has 0 unspecified atom stereocenters. The molecule has 4 aromatic heterocycles. The third-order valence-electron chi connectivity index (χ3n) is 3.70. The van der Waals surface area contributed by atoms with Gasteiger partial charge in [-0.1, -0.05) is 18.2 Å². The van der Waals surface area contributed by atoms with Gasteiger partial charge in [0.25, 0.3) is 0 Å². The van der Waals surface area contributed by atoms with E-state index in [1.807, 2.05) is 59.1 Å². The lowest BCUT2D eigenvalue weighted by Crippen LogP contribution is -2.03. The van der Waals surface area contributed by atoms with E-state index in [2.05, 4.69) is 15.0 Å². The fraction of sp³-hybridized carbons (Fsp3) is 0.0556. The fourth-order valence-electron chi connectivity index (χ4n) is 2.62. The van der Waals surface area contributed by atoms with E-state index in [4.69, 9.17) is 0 Å². The molecule has 112 valence electrons. The minimum absolute atomic E-state index is 0.573. The number of pyridine rings is 3. The molecule has 0 bridgehead atoms. The van der Waals surface area contributed by atoms with Crippen molar-refractivity contribution >= 4 is 5.52 Å². The van der Waals surface area contributed by atoms with Gasteiger partial charge in [0, 0.05) is 18.6 Å². The van der Waals surface area contributed by atoms with Gasteiger partial charge in [-0.2, -0.15) is 0 Å². The topological polar surface area (TPSA) is 63.3 Å². The predicted octanol–water partition coefficient (Wildman–Crippen LogP) is 2.87. The van der Waals surface area contributed by atoms with Crippen LogP contribution in [0.2, 0.25) is 0 Å². The molecule has 1 atom stereocenters. The lowest BCUT2D eigenvalue weighted by Gasteiger charge is -2.07. The van der Waals surface area contributed by atoms with E-state index >= 15 is 0 Å². The number of rotatable bonds is 3. The number of hydrogen-bond acceptors (Lipinski definition) is 4. The number of imidazole rings is 1. The summed E-state index contributed by atoms with van der Waals surface area (Å²) in [6, 6.07) is 16.9. The molecule has 0 aromatic carbocycles. The van der Waals surface area contributed by atoms with E-state index in [0.717, 1.165) is 11.2 Å². The normalized spacial score (nSPS) is 12.4. The Bertz CT molecular complexity index is 935. The molecule has 0 radical (unpaired) electrons. The molecule has 0 aliphatic rings. The van der Waals surface area contributed by atoms with Crippen LogP contribution in [0.3, 0.4) is 0 Å². The first kappa shape index (κ1) is 13.6.